The summed E-state index contributed by atoms with van der Waals surface area (Å²) in [5.41, 5.74) is 0.0209. The van der Waals surface area contributed by atoms with Gasteiger partial charge in [-0.05, 0) is 32.4 Å². The van der Waals surface area contributed by atoms with E-state index in [-0.39, 0.29) is 17.5 Å². The number of ether oxygens (including phenoxy) is 1. The summed E-state index contributed by atoms with van der Waals surface area (Å²) >= 11 is 0. The minimum atomic E-state index is -0.0587. The summed E-state index contributed by atoms with van der Waals surface area (Å²) in [4.78, 5) is 16.5. The number of hydrogen-bond donors (Lipinski definition) is 0. The predicted octanol–water partition coefficient (Wildman–Crippen LogP) is 1.99. The van der Waals surface area contributed by atoms with Crippen molar-refractivity contribution in [3.63, 3.8) is 0 Å². The highest BCUT2D eigenvalue weighted by molar-refractivity contribution is 5.69. The fraction of sp³-hybridized carbons (Fsp3) is 0.933. The van der Waals surface area contributed by atoms with E-state index in [1.54, 1.807) is 0 Å². The summed E-state index contributed by atoms with van der Waals surface area (Å²) < 4.78 is 5.46. The summed E-state index contributed by atoms with van der Waals surface area (Å²) in [6, 6.07) is 0. The number of piperazine rings is 1. The van der Waals surface area contributed by atoms with Gasteiger partial charge in [-0.2, -0.15) is 0 Å². The molecule has 0 aliphatic carbocycles. The van der Waals surface area contributed by atoms with Gasteiger partial charge in [0.15, 0.2) is 0 Å². The fourth-order valence-electron chi connectivity index (χ4n) is 1.95. The Labute approximate surface area is 118 Å². The van der Waals surface area contributed by atoms with Crippen LogP contribution in [-0.4, -0.2) is 61.6 Å². The molecule has 112 valence electrons. The lowest BCUT2D eigenvalue weighted by Gasteiger charge is -2.32. The zero-order valence-corrected chi connectivity index (χ0v) is 13.2. The van der Waals surface area contributed by atoms with Crippen LogP contribution >= 0.6 is 0 Å². The molecular formula is C15H30N2O2. The zero-order chi connectivity index (χ0) is 14.5. The Balaban J connectivity index is 2.14. The zero-order valence-electron chi connectivity index (χ0n) is 13.2. The predicted molar refractivity (Wildman–Crippen MR) is 78.2 cm³/mol. The third-order valence-corrected chi connectivity index (χ3v) is 3.98. The number of rotatable bonds is 5. The molecule has 1 atom stereocenters. The summed E-state index contributed by atoms with van der Waals surface area (Å²) in [6.07, 6.45) is 1.41. The van der Waals surface area contributed by atoms with Gasteiger partial charge in [0.25, 0.3) is 0 Å². The van der Waals surface area contributed by atoms with Gasteiger partial charge in [-0.15, -0.1) is 0 Å². The molecule has 0 amide bonds. The van der Waals surface area contributed by atoms with Gasteiger partial charge >= 0.3 is 5.97 Å². The first-order valence-corrected chi connectivity index (χ1v) is 7.39. The third kappa shape index (κ3) is 6.39. The maximum atomic E-state index is 11.7. The second-order valence-electron chi connectivity index (χ2n) is 6.75. The largest absolute Gasteiger partial charge is 0.462 e. The highest BCUT2D eigenvalue weighted by atomic mass is 16.5. The van der Waals surface area contributed by atoms with Crippen molar-refractivity contribution in [2.24, 2.45) is 5.41 Å². The molecule has 1 heterocycles. The molecule has 0 aromatic heterocycles. The maximum absolute atomic E-state index is 11.7. The van der Waals surface area contributed by atoms with Crippen LogP contribution in [0.25, 0.3) is 0 Å². The second kappa shape index (κ2) is 7.25. The third-order valence-electron chi connectivity index (χ3n) is 3.98. The molecular weight excluding hydrogens is 240 g/mol. The standard InChI is InChI=1S/C15H30N2O2/c1-13(15(2,3)4)19-14(18)7-6-8-17-11-9-16(5)10-12-17/h13H,6-12H2,1-5H3/t13-/m1/s1. The van der Waals surface area contributed by atoms with Crippen molar-refractivity contribution in [1.82, 2.24) is 9.80 Å². The van der Waals surface area contributed by atoms with E-state index in [4.69, 9.17) is 4.74 Å². The quantitative estimate of drug-likeness (QED) is 0.715. The van der Waals surface area contributed by atoms with Crippen molar-refractivity contribution in [1.29, 1.82) is 0 Å². The Morgan fingerprint density at radius 2 is 1.79 bits per heavy atom. The number of carbonyl (C=O) groups is 1. The van der Waals surface area contributed by atoms with E-state index in [9.17, 15) is 4.79 Å². The lowest BCUT2D eigenvalue weighted by molar-refractivity contribution is -0.153. The molecule has 0 saturated carbocycles. The van der Waals surface area contributed by atoms with Crippen molar-refractivity contribution < 1.29 is 9.53 Å². The first-order valence-electron chi connectivity index (χ1n) is 7.39. The van der Waals surface area contributed by atoms with E-state index in [0.29, 0.717) is 6.42 Å². The minimum Gasteiger partial charge on any atom is -0.462 e. The molecule has 4 nitrogen and oxygen atoms in total. The maximum Gasteiger partial charge on any atom is 0.306 e. The molecule has 0 aromatic rings. The van der Waals surface area contributed by atoms with Crippen molar-refractivity contribution >= 4 is 5.97 Å². The summed E-state index contributed by atoms with van der Waals surface area (Å²) in [5.74, 6) is -0.0587. The number of esters is 1. The van der Waals surface area contributed by atoms with Gasteiger partial charge in [0.1, 0.15) is 6.10 Å². The Morgan fingerprint density at radius 3 is 2.32 bits per heavy atom. The van der Waals surface area contributed by atoms with Crippen LogP contribution in [0.2, 0.25) is 0 Å². The molecule has 0 N–H and O–H groups in total. The molecule has 0 unspecified atom stereocenters. The molecule has 1 aliphatic rings. The van der Waals surface area contributed by atoms with Gasteiger partial charge in [0.05, 0.1) is 0 Å². The molecule has 1 saturated heterocycles. The lowest BCUT2D eigenvalue weighted by Crippen LogP contribution is -2.44. The van der Waals surface area contributed by atoms with E-state index >= 15 is 0 Å². The Hall–Kier alpha value is -0.610. The number of carbonyl (C=O) groups excluding carboxylic acids is 1. The molecule has 0 spiro atoms. The SMILES string of the molecule is C[C@@H](OC(=O)CCCN1CCN(C)CC1)C(C)(C)C. The second-order valence-corrected chi connectivity index (χ2v) is 6.75. The number of likely N-dealkylation sites (N-methyl/N-ethyl adjacent to an activating group) is 1. The summed E-state index contributed by atoms with van der Waals surface area (Å²) in [5, 5.41) is 0. The molecule has 1 fully saturated rings. The van der Waals surface area contributed by atoms with Gasteiger partial charge in [-0.1, -0.05) is 20.8 Å². The average Bonchev–Trinajstić information content (AvgIpc) is 2.30. The van der Waals surface area contributed by atoms with Crippen LogP contribution < -0.4 is 0 Å². The van der Waals surface area contributed by atoms with Gasteiger partial charge in [-0.25, -0.2) is 0 Å². The van der Waals surface area contributed by atoms with E-state index in [1.165, 1.54) is 0 Å². The molecule has 0 radical (unpaired) electrons. The van der Waals surface area contributed by atoms with Crippen molar-refractivity contribution in [2.75, 3.05) is 39.8 Å². The van der Waals surface area contributed by atoms with Crippen molar-refractivity contribution in [3.05, 3.63) is 0 Å². The van der Waals surface area contributed by atoms with Crippen LogP contribution in [0.3, 0.4) is 0 Å². The van der Waals surface area contributed by atoms with Gasteiger partial charge in [0.2, 0.25) is 0 Å². The van der Waals surface area contributed by atoms with Crippen molar-refractivity contribution in [3.8, 4) is 0 Å². The smallest absolute Gasteiger partial charge is 0.306 e. The van der Waals surface area contributed by atoms with Crippen LogP contribution in [0.1, 0.15) is 40.5 Å². The normalized spacial score (nSPS) is 20.3. The fourth-order valence-corrected chi connectivity index (χ4v) is 1.95. The molecule has 19 heavy (non-hydrogen) atoms. The number of hydrogen-bond acceptors (Lipinski definition) is 4. The highest BCUT2D eigenvalue weighted by Gasteiger charge is 2.23. The highest BCUT2D eigenvalue weighted by Crippen LogP contribution is 2.22. The minimum absolute atomic E-state index is 0.0209. The van der Waals surface area contributed by atoms with Gasteiger partial charge in [-0.3, -0.25) is 4.79 Å². The summed E-state index contributed by atoms with van der Waals surface area (Å²) in [7, 11) is 2.16. The van der Waals surface area contributed by atoms with E-state index in [0.717, 1.165) is 39.1 Å². The van der Waals surface area contributed by atoms with Crippen molar-refractivity contribution in [2.45, 2.75) is 46.6 Å². The van der Waals surface area contributed by atoms with E-state index in [1.807, 2.05) is 6.92 Å². The summed E-state index contributed by atoms with van der Waals surface area (Å²) in [6.45, 7) is 13.7. The number of nitrogens with zero attached hydrogens (tertiary/aromatic N) is 2. The Bertz CT molecular complexity index is 278. The lowest BCUT2D eigenvalue weighted by atomic mass is 9.90. The van der Waals surface area contributed by atoms with Crippen LogP contribution in [0.15, 0.2) is 0 Å². The van der Waals surface area contributed by atoms with E-state index in [2.05, 4.69) is 37.6 Å². The van der Waals surface area contributed by atoms with Crippen LogP contribution in [0, 0.1) is 5.41 Å². The average molecular weight is 270 g/mol. The molecule has 4 heteroatoms. The topological polar surface area (TPSA) is 32.8 Å². The van der Waals surface area contributed by atoms with Crippen LogP contribution in [0.5, 0.6) is 0 Å². The monoisotopic (exact) mass is 270 g/mol. The van der Waals surface area contributed by atoms with E-state index < -0.39 is 0 Å². The first-order chi connectivity index (χ1) is 8.79. The Kier molecular flexibility index (Phi) is 6.27. The van der Waals surface area contributed by atoms with Gasteiger partial charge < -0.3 is 14.5 Å². The van der Waals surface area contributed by atoms with Crippen LogP contribution in [-0.2, 0) is 9.53 Å². The van der Waals surface area contributed by atoms with Gasteiger partial charge in [0, 0.05) is 32.6 Å². The first kappa shape index (κ1) is 16.4. The van der Waals surface area contributed by atoms with Crippen LogP contribution in [0.4, 0.5) is 0 Å². The molecule has 1 rings (SSSR count). The molecule has 0 aromatic carbocycles. The molecule has 0 bridgehead atoms. The Morgan fingerprint density at radius 1 is 1.21 bits per heavy atom. The molecule has 1 aliphatic heterocycles.